The van der Waals surface area contributed by atoms with Gasteiger partial charge in [0.2, 0.25) is 0 Å². The van der Waals surface area contributed by atoms with Crippen molar-refractivity contribution < 1.29 is 5.11 Å². The van der Waals surface area contributed by atoms with Gasteiger partial charge in [0, 0.05) is 20.8 Å². The third-order valence-electron chi connectivity index (χ3n) is 1.64. The largest absolute Gasteiger partial charge is 0.389 e. The van der Waals surface area contributed by atoms with E-state index in [4.69, 9.17) is 11.6 Å². The lowest BCUT2D eigenvalue weighted by molar-refractivity contribution is 0.0945. The first-order valence-corrected chi connectivity index (χ1v) is 5.75. The normalized spacial score (nSPS) is 11.5. The van der Waals surface area contributed by atoms with Crippen molar-refractivity contribution in [1.29, 1.82) is 0 Å². The minimum Gasteiger partial charge on any atom is -0.389 e. The molecule has 0 fully saturated rings. The SMILES string of the molecule is CC(C)(O)CNc1ccc(Cl)cc1I. The number of rotatable bonds is 3. The van der Waals surface area contributed by atoms with E-state index in [1.54, 1.807) is 13.8 Å². The third-order valence-corrected chi connectivity index (χ3v) is 2.77. The van der Waals surface area contributed by atoms with E-state index < -0.39 is 5.60 Å². The average Bonchev–Trinajstić information content (AvgIpc) is 2.00. The monoisotopic (exact) mass is 325 g/mol. The van der Waals surface area contributed by atoms with Crippen molar-refractivity contribution >= 4 is 39.9 Å². The second-order valence-corrected chi connectivity index (χ2v) is 5.39. The van der Waals surface area contributed by atoms with Crippen molar-refractivity contribution in [3.8, 4) is 0 Å². The lowest BCUT2D eigenvalue weighted by atomic mass is 10.1. The van der Waals surface area contributed by atoms with Crippen LogP contribution in [-0.4, -0.2) is 17.3 Å². The van der Waals surface area contributed by atoms with Crippen LogP contribution in [0.3, 0.4) is 0 Å². The van der Waals surface area contributed by atoms with E-state index >= 15 is 0 Å². The first kappa shape index (κ1) is 12.1. The molecule has 14 heavy (non-hydrogen) atoms. The highest BCUT2D eigenvalue weighted by Crippen LogP contribution is 2.22. The van der Waals surface area contributed by atoms with Crippen molar-refractivity contribution in [2.45, 2.75) is 19.4 Å². The maximum Gasteiger partial charge on any atom is 0.0763 e. The number of aliphatic hydroxyl groups is 1. The smallest absolute Gasteiger partial charge is 0.0763 e. The molecule has 0 saturated carbocycles. The van der Waals surface area contributed by atoms with Crippen molar-refractivity contribution in [2.24, 2.45) is 0 Å². The summed E-state index contributed by atoms with van der Waals surface area (Å²) in [6.45, 7) is 4.05. The Kier molecular flexibility index (Phi) is 4.04. The minimum atomic E-state index is -0.706. The van der Waals surface area contributed by atoms with Crippen LogP contribution in [0.25, 0.3) is 0 Å². The molecule has 0 aliphatic rings. The molecule has 1 aromatic rings. The first-order valence-electron chi connectivity index (χ1n) is 4.30. The third kappa shape index (κ3) is 4.02. The van der Waals surface area contributed by atoms with Gasteiger partial charge in [-0.25, -0.2) is 0 Å². The lowest BCUT2D eigenvalue weighted by Crippen LogP contribution is -2.29. The molecule has 0 spiro atoms. The van der Waals surface area contributed by atoms with Gasteiger partial charge in [0.05, 0.1) is 5.60 Å². The number of anilines is 1. The zero-order chi connectivity index (χ0) is 10.8. The Hall–Kier alpha value is -0.000000000000000111. The molecular formula is C10H13ClINO. The number of benzene rings is 1. The van der Waals surface area contributed by atoms with Crippen molar-refractivity contribution in [2.75, 3.05) is 11.9 Å². The van der Waals surface area contributed by atoms with Crippen LogP contribution in [0.5, 0.6) is 0 Å². The second-order valence-electron chi connectivity index (χ2n) is 3.79. The Balaban J connectivity index is 2.68. The molecule has 78 valence electrons. The molecule has 0 atom stereocenters. The van der Waals surface area contributed by atoms with Gasteiger partial charge in [-0.2, -0.15) is 0 Å². The summed E-state index contributed by atoms with van der Waals surface area (Å²) in [7, 11) is 0. The van der Waals surface area contributed by atoms with Crippen LogP contribution in [-0.2, 0) is 0 Å². The molecule has 1 rings (SSSR count). The van der Waals surface area contributed by atoms with Gasteiger partial charge in [-0.1, -0.05) is 11.6 Å². The van der Waals surface area contributed by atoms with Gasteiger partial charge in [0.25, 0.3) is 0 Å². The topological polar surface area (TPSA) is 32.3 Å². The summed E-state index contributed by atoms with van der Waals surface area (Å²) < 4.78 is 1.05. The zero-order valence-corrected chi connectivity index (χ0v) is 11.1. The van der Waals surface area contributed by atoms with Crippen LogP contribution in [0.4, 0.5) is 5.69 Å². The molecule has 0 heterocycles. The van der Waals surface area contributed by atoms with E-state index in [-0.39, 0.29) is 0 Å². The quantitative estimate of drug-likeness (QED) is 0.837. The van der Waals surface area contributed by atoms with Crippen LogP contribution in [0.15, 0.2) is 18.2 Å². The van der Waals surface area contributed by atoms with Crippen molar-refractivity contribution in [3.05, 3.63) is 26.8 Å². The van der Waals surface area contributed by atoms with Gasteiger partial charge in [0.1, 0.15) is 0 Å². The van der Waals surface area contributed by atoms with Crippen LogP contribution >= 0.6 is 34.2 Å². The molecule has 0 amide bonds. The van der Waals surface area contributed by atoms with Gasteiger partial charge in [-0.05, 0) is 54.6 Å². The van der Waals surface area contributed by atoms with Gasteiger partial charge < -0.3 is 10.4 Å². The summed E-state index contributed by atoms with van der Waals surface area (Å²) in [6, 6.07) is 5.63. The van der Waals surface area contributed by atoms with Gasteiger partial charge in [0.15, 0.2) is 0 Å². The molecule has 0 radical (unpaired) electrons. The van der Waals surface area contributed by atoms with E-state index in [2.05, 4.69) is 27.9 Å². The predicted octanol–water partition coefficient (Wildman–Crippen LogP) is 3.13. The molecule has 0 aliphatic heterocycles. The number of halogens is 2. The van der Waals surface area contributed by atoms with Crippen molar-refractivity contribution in [3.63, 3.8) is 0 Å². The molecule has 0 aromatic heterocycles. The molecule has 0 bridgehead atoms. The van der Waals surface area contributed by atoms with Crippen LogP contribution < -0.4 is 5.32 Å². The standard InChI is InChI=1S/C10H13ClINO/c1-10(2,14)6-13-9-4-3-7(11)5-8(9)12/h3-5,13-14H,6H2,1-2H3. The second kappa shape index (κ2) is 4.68. The Morgan fingerprint density at radius 2 is 2.14 bits per heavy atom. The molecule has 0 unspecified atom stereocenters. The summed E-state index contributed by atoms with van der Waals surface area (Å²) in [4.78, 5) is 0. The summed E-state index contributed by atoms with van der Waals surface area (Å²) in [6.07, 6.45) is 0. The van der Waals surface area contributed by atoms with Crippen LogP contribution in [0.2, 0.25) is 5.02 Å². The summed E-state index contributed by atoms with van der Waals surface area (Å²) in [5, 5.41) is 13.4. The Labute approximate surface area is 103 Å². The van der Waals surface area contributed by atoms with E-state index in [0.29, 0.717) is 6.54 Å². The number of hydrogen-bond donors (Lipinski definition) is 2. The molecule has 2 nitrogen and oxygen atoms in total. The Morgan fingerprint density at radius 1 is 1.50 bits per heavy atom. The number of hydrogen-bond acceptors (Lipinski definition) is 2. The maximum atomic E-state index is 9.53. The van der Waals surface area contributed by atoms with E-state index in [1.807, 2.05) is 18.2 Å². The summed E-state index contributed by atoms with van der Waals surface area (Å²) in [5.41, 5.74) is 0.292. The molecule has 2 N–H and O–H groups in total. The highest BCUT2D eigenvalue weighted by Gasteiger charge is 2.12. The Bertz CT molecular complexity index is 322. The number of nitrogens with one attached hydrogen (secondary N) is 1. The summed E-state index contributed by atoms with van der Waals surface area (Å²) in [5.74, 6) is 0. The summed E-state index contributed by atoms with van der Waals surface area (Å²) >= 11 is 8.03. The van der Waals surface area contributed by atoms with Gasteiger partial charge >= 0.3 is 0 Å². The molecular weight excluding hydrogens is 312 g/mol. The molecule has 1 aromatic carbocycles. The van der Waals surface area contributed by atoms with Gasteiger partial charge in [-0.3, -0.25) is 0 Å². The first-order chi connectivity index (χ1) is 6.38. The van der Waals surface area contributed by atoms with E-state index in [9.17, 15) is 5.11 Å². The molecule has 4 heteroatoms. The lowest BCUT2D eigenvalue weighted by Gasteiger charge is -2.19. The van der Waals surface area contributed by atoms with Gasteiger partial charge in [-0.15, -0.1) is 0 Å². The van der Waals surface area contributed by atoms with E-state index in [0.717, 1.165) is 14.3 Å². The predicted molar refractivity (Wildman–Crippen MR) is 69.0 cm³/mol. The fraction of sp³-hybridized carbons (Fsp3) is 0.400. The van der Waals surface area contributed by atoms with E-state index in [1.165, 1.54) is 0 Å². The maximum absolute atomic E-state index is 9.53. The molecule has 0 aliphatic carbocycles. The van der Waals surface area contributed by atoms with Crippen molar-refractivity contribution in [1.82, 2.24) is 0 Å². The minimum absolute atomic E-state index is 0.518. The highest BCUT2D eigenvalue weighted by atomic mass is 127. The zero-order valence-electron chi connectivity index (χ0n) is 8.14. The fourth-order valence-electron chi connectivity index (χ4n) is 0.944. The average molecular weight is 326 g/mol. The highest BCUT2D eigenvalue weighted by molar-refractivity contribution is 14.1. The molecule has 0 saturated heterocycles. The fourth-order valence-corrected chi connectivity index (χ4v) is 2.01. The van der Waals surface area contributed by atoms with Crippen LogP contribution in [0.1, 0.15) is 13.8 Å². The Morgan fingerprint density at radius 3 is 2.64 bits per heavy atom. The van der Waals surface area contributed by atoms with Crippen LogP contribution in [0, 0.1) is 3.57 Å².